The van der Waals surface area contributed by atoms with Crippen molar-refractivity contribution in [2.24, 2.45) is 5.92 Å². The molecule has 0 aliphatic heterocycles. The summed E-state index contributed by atoms with van der Waals surface area (Å²) in [5, 5.41) is 25.7. The third-order valence-electron chi connectivity index (χ3n) is 4.14. The van der Waals surface area contributed by atoms with Crippen LogP contribution in [0.25, 0.3) is 0 Å². The number of aliphatic hydroxyl groups excluding tert-OH is 1. The second kappa shape index (κ2) is 7.22. The van der Waals surface area contributed by atoms with Crippen LogP contribution in [0.1, 0.15) is 31.2 Å². The molecule has 0 aromatic heterocycles. The van der Waals surface area contributed by atoms with Crippen molar-refractivity contribution in [1.29, 1.82) is 0 Å². The molecular weight excluding hydrogens is 286 g/mol. The van der Waals surface area contributed by atoms with Gasteiger partial charge in [0.2, 0.25) is 0 Å². The SMILES string of the molecule is Cc1ccc([N+](=O)[O-])cc1NC(=O)NC1CCCCC1CO. The Bertz CT molecular complexity index is 562. The van der Waals surface area contributed by atoms with Crippen molar-refractivity contribution in [1.82, 2.24) is 5.32 Å². The summed E-state index contributed by atoms with van der Waals surface area (Å²) in [5.41, 5.74) is 1.11. The zero-order valence-electron chi connectivity index (χ0n) is 12.5. The lowest BCUT2D eigenvalue weighted by Crippen LogP contribution is -2.45. The molecule has 7 nitrogen and oxygen atoms in total. The normalized spacial score (nSPS) is 21.2. The van der Waals surface area contributed by atoms with E-state index < -0.39 is 11.0 Å². The van der Waals surface area contributed by atoms with Crippen molar-refractivity contribution in [3.8, 4) is 0 Å². The van der Waals surface area contributed by atoms with Crippen LogP contribution >= 0.6 is 0 Å². The Morgan fingerprint density at radius 2 is 2.14 bits per heavy atom. The standard InChI is InChI=1S/C15H21N3O4/c1-10-6-7-12(18(21)22)8-14(10)17-15(20)16-13-5-3-2-4-11(13)9-19/h6-8,11,13,19H,2-5,9H2,1H3,(H2,16,17,20). The maximum absolute atomic E-state index is 12.1. The van der Waals surface area contributed by atoms with Crippen LogP contribution in [-0.4, -0.2) is 28.7 Å². The van der Waals surface area contributed by atoms with E-state index in [0.29, 0.717) is 5.69 Å². The van der Waals surface area contributed by atoms with Gasteiger partial charge in [0.05, 0.1) is 10.6 Å². The van der Waals surface area contributed by atoms with Crippen molar-refractivity contribution in [3.05, 3.63) is 33.9 Å². The molecule has 0 radical (unpaired) electrons. The lowest BCUT2D eigenvalue weighted by Gasteiger charge is -2.30. The molecule has 7 heteroatoms. The smallest absolute Gasteiger partial charge is 0.319 e. The first-order valence-electron chi connectivity index (χ1n) is 7.44. The van der Waals surface area contributed by atoms with Crippen molar-refractivity contribution in [2.75, 3.05) is 11.9 Å². The van der Waals surface area contributed by atoms with Gasteiger partial charge in [0, 0.05) is 30.7 Å². The summed E-state index contributed by atoms with van der Waals surface area (Å²) in [4.78, 5) is 22.4. The van der Waals surface area contributed by atoms with Crippen LogP contribution < -0.4 is 10.6 Å². The highest BCUT2D eigenvalue weighted by Crippen LogP contribution is 2.25. The number of urea groups is 1. The van der Waals surface area contributed by atoms with Gasteiger partial charge in [-0.1, -0.05) is 18.9 Å². The Kier molecular flexibility index (Phi) is 5.32. The number of non-ortho nitro benzene ring substituents is 1. The van der Waals surface area contributed by atoms with Crippen LogP contribution in [-0.2, 0) is 0 Å². The quantitative estimate of drug-likeness (QED) is 0.587. The molecule has 2 rings (SSSR count). The van der Waals surface area contributed by atoms with Crippen molar-refractivity contribution in [3.63, 3.8) is 0 Å². The minimum atomic E-state index is -0.495. The molecule has 0 heterocycles. The number of carbonyl (C=O) groups excluding carboxylic acids is 1. The molecule has 3 N–H and O–H groups in total. The van der Waals surface area contributed by atoms with Crippen LogP contribution in [0.5, 0.6) is 0 Å². The highest BCUT2D eigenvalue weighted by Gasteiger charge is 2.26. The third kappa shape index (κ3) is 3.94. The number of carbonyl (C=O) groups is 1. The lowest BCUT2D eigenvalue weighted by atomic mass is 9.85. The second-order valence-electron chi connectivity index (χ2n) is 5.69. The predicted octanol–water partition coefficient (Wildman–Crippen LogP) is 2.58. The van der Waals surface area contributed by atoms with E-state index in [1.54, 1.807) is 13.0 Å². The zero-order valence-corrected chi connectivity index (χ0v) is 12.5. The molecule has 2 unspecified atom stereocenters. The summed E-state index contributed by atoms with van der Waals surface area (Å²) < 4.78 is 0. The van der Waals surface area contributed by atoms with E-state index >= 15 is 0 Å². The van der Waals surface area contributed by atoms with Crippen LogP contribution in [0.4, 0.5) is 16.2 Å². The Morgan fingerprint density at radius 1 is 1.41 bits per heavy atom. The number of aliphatic hydroxyl groups is 1. The molecule has 1 saturated carbocycles. The maximum atomic E-state index is 12.1. The molecule has 22 heavy (non-hydrogen) atoms. The summed E-state index contributed by atoms with van der Waals surface area (Å²) in [7, 11) is 0. The molecule has 0 spiro atoms. The van der Waals surface area contributed by atoms with E-state index in [1.165, 1.54) is 12.1 Å². The zero-order chi connectivity index (χ0) is 16.1. The summed E-state index contributed by atoms with van der Waals surface area (Å²) in [6.45, 7) is 1.83. The monoisotopic (exact) mass is 307 g/mol. The lowest BCUT2D eigenvalue weighted by molar-refractivity contribution is -0.384. The van der Waals surface area contributed by atoms with Crippen molar-refractivity contribution >= 4 is 17.4 Å². The Morgan fingerprint density at radius 3 is 2.82 bits per heavy atom. The predicted molar refractivity (Wildman–Crippen MR) is 82.8 cm³/mol. The van der Waals surface area contributed by atoms with E-state index in [2.05, 4.69) is 10.6 Å². The third-order valence-corrected chi connectivity index (χ3v) is 4.14. The fraction of sp³-hybridized carbons (Fsp3) is 0.533. The minimum Gasteiger partial charge on any atom is -0.396 e. The van der Waals surface area contributed by atoms with E-state index in [-0.39, 0.29) is 24.3 Å². The number of hydrogen-bond donors (Lipinski definition) is 3. The largest absolute Gasteiger partial charge is 0.396 e. The topological polar surface area (TPSA) is 105 Å². The molecule has 1 fully saturated rings. The Labute approximate surface area is 128 Å². The molecular formula is C15H21N3O4. The Balaban J connectivity index is 2.02. The summed E-state index contributed by atoms with van der Waals surface area (Å²) in [6, 6.07) is 3.90. The van der Waals surface area contributed by atoms with Gasteiger partial charge in [-0.2, -0.15) is 0 Å². The number of nitro benzene ring substituents is 1. The second-order valence-corrected chi connectivity index (χ2v) is 5.69. The number of aryl methyl sites for hydroxylation is 1. The molecule has 2 atom stereocenters. The maximum Gasteiger partial charge on any atom is 0.319 e. The van der Waals surface area contributed by atoms with Gasteiger partial charge >= 0.3 is 6.03 Å². The van der Waals surface area contributed by atoms with Crippen LogP contribution in [0.2, 0.25) is 0 Å². The fourth-order valence-corrected chi connectivity index (χ4v) is 2.80. The molecule has 1 aliphatic rings. The summed E-state index contributed by atoms with van der Waals surface area (Å²) in [5.74, 6) is 0.0747. The molecule has 0 saturated heterocycles. The molecule has 1 aromatic carbocycles. The van der Waals surface area contributed by atoms with Gasteiger partial charge in [-0.15, -0.1) is 0 Å². The Hall–Kier alpha value is -2.15. The van der Waals surface area contributed by atoms with E-state index in [1.807, 2.05) is 0 Å². The number of hydrogen-bond acceptors (Lipinski definition) is 4. The molecule has 120 valence electrons. The summed E-state index contributed by atoms with van der Waals surface area (Å²) in [6.07, 6.45) is 3.83. The van der Waals surface area contributed by atoms with Gasteiger partial charge in [-0.3, -0.25) is 10.1 Å². The fourth-order valence-electron chi connectivity index (χ4n) is 2.80. The first-order valence-corrected chi connectivity index (χ1v) is 7.44. The van der Waals surface area contributed by atoms with E-state index in [4.69, 9.17) is 0 Å². The average molecular weight is 307 g/mol. The molecule has 1 aliphatic carbocycles. The van der Waals surface area contributed by atoms with Crippen molar-refractivity contribution < 1.29 is 14.8 Å². The van der Waals surface area contributed by atoms with Crippen LogP contribution in [0.3, 0.4) is 0 Å². The van der Waals surface area contributed by atoms with Gasteiger partial charge in [-0.25, -0.2) is 4.79 Å². The average Bonchev–Trinajstić information content (AvgIpc) is 2.49. The number of amides is 2. The number of benzene rings is 1. The van der Waals surface area contributed by atoms with Gasteiger partial charge in [-0.05, 0) is 25.3 Å². The van der Waals surface area contributed by atoms with Gasteiger partial charge in [0.15, 0.2) is 0 Å². The number of rotatable bonds is 4. The number of anilines is 1. The van der Waals surface area contributed by atoms with E-state index in [0.717, 1.165) is 31.2 Å². The highest BCUT2D eigenvalue weighted by molar-refractivity contribution is 5.90. The minimum absolute atomic E-state index is 0.0563. The summed E-state index contributed by atoms with van der Waals surface area (Å²) >= 11 is 0. The van der Waals surface area contributed by atoms with Gasteiger partial charge in [0.1, 0.15) is 0 Å². The number of nitrogens with one attached hydrogen (secondary N) is 2. The van der Waals surface area contributed by atoms with Gasteiger partial charge in [0.25, 0.3) is 5.69 Å². The first kappa shape index (κ1) is 16.2. The number of nitrogens with zero attached hydrogens (tertiary/aromatic N) is 1. The first-order chi connectivity index (χ1) is 10.5. The number of nitro groups is 1. The molecule has 1 aromatic rings. The van der Waals surface area contributed by atoms with Gasteiger partial charge < -0.3 is 15.7 Å². The van der Waals surface area contributed by atoms with Crippen LogP contribution in [0.15, 0.2) is 18.2 Å². The van der Waals surface area contributed by atoms with E-state index in [9.17, 15) is 20.0 Å². The molecule has 0 bridgehead atoms. The van der Waals surface area contributed by atoms with Crippen LogP contribution in [0, 0.1) is 23.0 Å². The molecule has 2 amide bonds. The highest BCUT2D eigenvalue weighted by atomic mass is 16.6. The van der Waals surface area contributed by atoms with Crippen molar-refractivity contribution in [2.45, 2.75) is 38.6 Å².